The maximum Gasteiger partial charge on any atom is 0.219 e. The van der Waals surface area contributed by atoms with Gasteiger partial charge in [0, 0.05) is 53.3 Å². The minimum absolute atomic E-state index is 0.0969. The van der Waals surface area contributed by atoms with Gasteiger partial charge in [-0.3, -0.25) is 9.48 Å². The van der Waals surface area contributed by atoms with Crippen LogP contribution in [0.15, 0.2) is 58.8 Å². The number of nitriles is 2. The van der Waals surface area contributed by atoms with Gasteiger partial charge in [0.25, 0.3) is 0 Å². The summed E-state index contributed by atoms with van der Waals surface area (Å²) in [4.78, 5) is 14.8. The molecule has 4 heterocycles. The van der Waals surface area contributed by atoms with Crippen LogP contribution in [0.1, 0.15) is 36.9 Å². The van der Waals surface area contributed by atoms with Crippen LogP contribution in [-0.2, 0) is 4.79 Å². The standard InChI is InChI=1S/C25H20FN7OS/c1-16(34)31-6-4-22(5-7-31)32-15-20(13-29-32)18-9-24(25-19(11-28)12-30-33(25)14-18)35-23-3-2-21(26)8-17(23)10-27/h2-3,8-9,12-15,22H,4-7H2,1H3. The Bertz CT molecular complexity index is 1520. The maximum atomic E-state index is 13.7. The highest BCUT2D eigenvalue weighted by atomic mass is 32.2. The van der Waals surface area contributed by atoms with Crippen LogP contribution in [0.5, 0.6) is 0 Å². The van der Waals surface area contributed by atoms with Gasteiger partial charge in [-0.25, -0.2) is 8.91 Å². The third-order valence-corrected chi connectivity index (χ3v) is 7.31. The van der Waals surface area contributed by atoms with E-state index in [2.05, 4.69) is 16.3 Å². The van der Waals surface area contributed by atoms with Gasteiger partial charge in [-0.15, -0.1) is 0 Å². The Balaban J connectivity index is 1.51. The van der Waals surface area contributed by atoms with E-state index in [-0.39, 0.29) is 17.5 Å². The summed E-state index contributed by atoms with van der Waals surface area (Å²) in [6.07, 6.45) is 8.80. The van der Waals surface area contributed by atoms with Crippen LogP contribution in [0.2, 0.25) is 0 Å². The number of hydrogen-bond acceptors (Lipinski definition) is 6. The highest BCUT2D eigenvalue weighted by Crippen LogP contribution is 2.37. The Morgan fingerprint density at radius 3 is 2.51 bits per heavy atom. The van der Waals surface area contributed by atoms with Crippen molar-refractivity contribution in [1.82, 2.24) is 24.3 Å². The predicted octanol–water partition coefficient (Wildman–Crippen LogP) is 4.41. The molecule has 10 heteroatoms. The van der Waals surface area contributed by atoms with Gasteiger partial charge < -0.3 is 4.90 Å². The Morgan fingerprint density at radius 1 is 1.03 bits per heavy atom. The van der Waals surface area contributed by atoms with E-state index in [9.17, 15) is 19.7 Å². The molecule has 0 N–H and O–H groups in total. The van der Waals surface area contributed by atoms with Crippen LogP contribution in [0.25, 0.3) is 16.6 Å². The quantitative estimate of drug-likeness (QED) is 0.424. The van der Waals surface area contributed by atoms with Crippen molar-refractivity contribution in [2.75, 3.05) is 13.1 Å². The number of nitrogens with zero attached hydrogens (tertiary/aromatic N) is 7. The second kappa shape index (κ2) is 9.24. The smallest absolute Gasteiger partial charge is 0.219 e. The fourth-order valence-electron chi connectivity index (χ4n) is 4.33. The normalized spacial score (nSPS) is 14.1. The molecule has 5 rings (SSSR count). The molecule has 0 radical (unpaired) electrons. The number of likely N-dealkylation sites (tertiary alicyclic amines) is 1. The summed E-state index contributed by atoms with van der Waals surface area (Å²) in [5, 5.41) is 28.0. The van der Waals surface area contributed by atoms with Gasteiger partial charge in [0.1, 0.15) is 18.0 Å². The summed E-state index contributed by atoms with van der Waals surface area (Å²) in [5.74, 6) is -0.381. The lowest BCUT2D eigenvalue weighted by Crippen LogP contribution is -2.37. The molecule has 3 aromatic heterocycles. The zero-order chi connectivity index (χ0) is 24.5. The Hall–Kier alpha value is -4.15. The van der Waals surface area contributed by atoms with Crippen molar-refractivity contribution in [3.05, 3.63) is 66.0 Å². The van der Waals surface area contributed by atoms with Gasteiger partial charge in [-0.1, -0.05) is 11.8 Å². The molecule has 1 aliphatic heterocycles. The molecular formula is C25H20FN7OS. The SMILES string of the molecule is CC(=O)N1CCC(n2cc(-c3cc(Sc4ccc(F)cc4C#N)c4c(C#N)cnn4c3)cn2)CC1. The van der Waals surface area contributed by atoms with Crippen LogP contribution in [0.3, 0.4) is 0 Å². The molecule has 1 aliphatic rings. The molecule has 1 aromatic carbocycles. The van der Waals surface area contributed by atoms with Crippen LogP contribution in [0.4, 0.5) is 4.39 Å². The zero-order valence-electron chi connectivity index (χ0n) is 18.8. The summed E-state index contributed by atoms with van der Waals surface area (Å²) in [5.41, 5.74) is 2.99. The molecule has 0 saturated carbocycles. The van der Waals surface area contributed by atoms with Crippen molar-refractivity contribution >= 4 is 23.2 Å². The van der Waals surface area contributed by atoms with Crippen LogP contribution in [-0.4, -0.2) is 43.3 Å². The van der Waals surface area contributed by atoms with E-state index in [1.807, 2.05) is 34.1 Å². The highest BCUT2D eigenvalue weighted by molar-refractivity contribution is 7.99. The largest absolute Gasteiger partial charge is 0.343 e. The lowest BCUT2D eigenvalue weighted by Gasteiger charge is -2.31. The van der Waals surface area contributed by atoms with Gasteiger partial charge in [0.05, 0.1) is 35.1 Å². The fourth-order valence-corrected chi connectivity index (χ4v) is 5.40. The number of carbonyl (C=O) groups excluding carboxylic acids is 1. The first kappa shape index (κ1) is 22.6. The third kappa shape index (κ3) is 4.36. The number of benzene rings is 1. The summed E-state index contributed by atoms with van der Waals surface area (Å²) in [6, 6.07) is 10.4. The van der Waals surface area contributed by atoms with Crippen LogP contribution >= 0.6 is 11.8 Å². The van der Waals surface area contributed by atoms with E-state index in [0.717, 1.165) is 28.9 Å². The second-order valence-electron chi connectivity index (χ2n) is 8.36. The molecule has 1 amide bonds. The van der Waals surface area contributed by atoms with Gasteiger partial charge in [0.15, 0.2) is 0 Å². The van der Waals surface area contributed by atoms with Gasteiger partial charge >= 0.3 is 0 Å². The molecule has 35 heavy (non-hydrogen) atoms. The number of rotatable bonds is 4. The minimum atomic E-state index is -0.478. The molecule has 0 atom stereocenters. The molecule has 0 unspecified atom stereocenters. The molecule has 174 valence electrons. The lowest BCUT2D eigenvalue weighted by atomic mass is 10.1. The van der Waals surface area contributed by atoms with Crippen LogP contribution in [0, 0.1) is 28.5 Å². The van der Waals surface area contributed by atoms with E-state index in [4.69, 9.17) is 0 Å². The number of aromatic nitrogens is 4. The highest BCUT2D eigenvalue weighted by Gasteiger charge is 2.23. The number of carbonyl (C=O) groups is 1. The van der Waals surface area contributed by atoms with Gasteiger partial charge in [-0.2, -0.15) is 20.7 Å². The summed E-state index contributed by atoms with van der Waals surface area (Å²) in [6.45, 7) is 3.02. The topological polar surface area (TPSA) is 103 Å². The molecule has 1 saturated heterocycles. The lowest BCUT2D eigenvalue weighted by molar-refractivity contribution is -0.130. The number of halogens is 1. The van der Waals surface area contributed by atoms with E-state index in [0.29, 0.717) is 29.1 Å². The maximum absolute atomic E-state index is 13.7. The Kier molecular flexibility index (Phi) is 5.98. The van der Waals surface area contributed by atoms with Crippen molar-refractivity contribution in [2.45, 2.75) is 35.6 Å². The molecular weight excluding hydrogens is 465 g/mol. The molecule has 0 aliphatic carbocycles. The average Bonchev–Trinajstić information content (AvgIpc) is 3.52. The first-order valence-corrected chi connectivity index (χ1v) is 11.9. The number of piperidine rings is 1. The third-order valence-electron chi connectivity index (χ3n) is 6.20. The predicted molar refractivity (Wildman–Crippen MR) is 127 cm³/mol. The molecule has 0 spiro atoms. The Morgan fingerprint density at radius 2 is 1.80 bits per heavy atom. The van der Waals surface area contributed by atoms with Crippen molar-refractivity contribution in [2.24, 2.45) is 0 Å². The van der Waals surface area contributed by atoms with Crippen molar-refractivity contribution in [1.29, 1.82) is 10.5 Å². The summed E-state index contributed by atoms with van der Waals surface area (Å²) in [7, 11) is 0. The van der Waals surface area contributed by atoms with E-state index in [1.54, 1.807) is 23.7 Å². The molecule has 0 bridgehead atoms. The molecule has 8 nitrogen and oxygen atoms in total. The number of pyridine rings is 1. The zero-order valence-corrected chi connectivity index (χ0v) is 19.7. The van der Waals surface area contributed by atoms with Crippen molar-refractivity contribution in [3.63, 3.8) is 0 Å². The first-order chi connectivity index (χ1) is 17.0. The first-order valence-electron chi connectivity index (χ1n) is 11.1. The number of hydrogen-bond donors (Lipinski definition) is 0. The van der Waals surface area contributed by atoms with E-state index in [1.165, 1.54) is 30.1 Å². The summed E-state index contributed by atoms with van der Waals surface area (Å²) >= 11 is 1.29. The molecule has 1 fully saturated rings. The number of amides is 1. The van der Waals surface area contributed by atoms with Crippen LogP contribution < -0.4 is 0 Å². The van der Waals surface area contributed by atoms with Gasteiger partial charge in [-0.05, 0) is 37.1 Å². The monoisotopic (exact) mass is 485 g/mol. The average molecular weight is 486 g/mol. The Labute approximate surface area is 205 Å². The molecule has 4 aromatic rings. The fraction of sp³-hybridized carbons (Fsp3) is 0.240. The van der Waals surface area contributed by atoms with E-state index < -0.39 is 5.82 Å². The van der Waals surface area contributed by atoms with Gasteiger partial charge in [0.2, 0.25) is 5.91 Å². The van der Waals surface area contributed by atoms with Crippen molar-refractivity contribution in [3.8, 4) is 23.3 Å². The minimum Gasteiger partial charge on any atom is -0.343 e. The second-order valence-corrected chi connectivity index (χ2v) is 9.44. The van der Waals surface area contributed by atoms with Crippen molar-refractivity contribution < 1.29 is 9.18 Å². The van der Waals surface area contributed by atoms with E-state index >= 15 is 0 Å². The number of fused-ring (bicyclic) bond motifs is 1. The summed E-state index contributed by atoms with van der Waals surface area (Å²) < 4.78 is 17.2.